The molecule has 0 aromatic rings. The van der Waals surface area contributed by atoms with Crippen molar-refractivity contribution in [2.24, 2.45) is 0 Å². The number of hydrogen-bond donors (Lipinski definition) is 0. The van der Waals surface area contributed by atoms with E-state index in [1.165, 1.54) is 0 Å². The average Bonchev–Trinajstić information content (AvgIpc) is 2.35. The summed E-state index contributed by atoms with van der Waals surface area (Å²) in [5, 5.41) is 0. The number of carbonyl (C=O) groups is 2. The van der Waals surface area contributed by atoms with Crippen molar-refractivity contribution in [3.63, 3.8) is 0 Å². The van der Waals surface area contributed by atoms with E-state index in [1.54, 1.807) is 0 Å². The predicted octanol–water partition coefficient (Wildman–Crippen LogP) is 0.991. The highest BCUT2D eigenvalue weighted by Crippen LogP contribution is 1.99. The molecule has 5 nitrogen and oxygen atoms in total. The lowest BCUT2D eigenvalue weighted by Gasteiger charge is -2.12. The van der Waals surface area contributed by atoms with Crippen LogP contribution in [0.5, 0.6) is 0 Å². The first-order valence-corrected chi connectivity index (χ1v) is 5.99. The molecule has 5 heteroatoms. The maximum atomic E-state index is 10.6. The fourth-order valence-electron chi connectivity index (χ4n) is 1.31. The number of hydrogen-bond acceptors (Lipinski definition) is 5. The van der Waals surface area contributed by atoms with Crippen molar-refractivity contribution >= 4 is 12.6 Å². The Hall–Kier alpha value is -0.780. The van der Waals surface area contributed by atoms with Gasteiger partial charge in [0.15, 0.2) is 0 Å². The van der Waals surface area contributed by atoms with Crippen molar-refractivity contribution in [2.45, 2.75) is 38.9 Å². The summed E-state index contributed by atoms with van der Waals surface area (Å²) in [6.45, 7) is 5.60. The molecule has 0 bridgehead atoms. The summed E-state index contributed by atoms with van der Waals surface area (Å²) in [5.41, 5.74) is 0. The molecule has 0 spiro atoms. The number of rotatable bonds is 12. The fraction of sp³-hybridized carbons (Fsp3) is 0.833. The number of aldehydes is 2. The quantitative estimate of drug-likeness (QED) is 0.379. The minimum absolute atomic E-state index is 0.395. The van der Waals surface area contributed by atoms with Crippen LogP contribution in [0.4, 0.5) is 0 Å². The third kappa shape index (κ3) is 8.97. The van der Waals surface area contributed by atoms with E-state index in [-0.39, 0.29) is 0 Å². The fourth-order valence-corrected chi connectivity index (χ4v) is 1.31. The lowest BCUT2D eigenvalue weighted by molar-refractivity contribution is -0.119. The molecule has 0 aliphatic rings. The van der Waals surface area contributed by atoms with Gasteiger partial charge in [0.25, 0.3) is 0 Å². The highest BCUT2D eigenvalue weighted by Gasteiger charge is 2.08. The van der Waals surface area contributed by atoms with Crippen LogP contribution in [0.1, 0.15) is 26.7 Å². The maximum Gasteiger partial charge on any atom is 0.148 e. The largest absolute Gasteiger partial charge is 0.381 e. The zero-order chi connectivity index (χ0) is 12.9. The van der Waals surface area contributed by atoms with Gasteiger partial charge in [-0.1, -0.05) is 0 Å². The third-order valence-electron chi connectivity index (χ3n) is 2.16. The second-order valence-electron chi connectivity index (χ2n) is 3.45. The Kier molecular flexibility index (Phi) is 11.2. The molecule has 100 valence electrons. The highest BCUT2D eigenvalue weighted by atomic mass is 16.5. The summed E-state index contributed by atoms with van der Waals surface area (Å²) >= 11 is 0. The minimum atomic E-state index is -0.395. The van der Waals surface area contributed by atoms with Gasteiger partial charge in [-0.05, 0) is 13.8 Å². The van der Waals surface area contributed by atoms with Gasteiger partial charge < -0.3 is 23.8 Å². The van der Waals surface area contributed by atoms with Crippen molar-refractivity contribution in [3.8, 4) is 0 Å². The first kappa shape index (κ1) is 16.2. The smallest absolute Gasteiger partial charge is 0.148 e. The van der Waals surface area contributed by atoms with Crippen molar-refractivity contribution in [1.29, 1.82) is 0 Å². The van der Waals surface area contributed by atoms with Gasteiger partial charge in [-0.15, -0.1) is 0 Å². The van der Waals surface area contributed by atoms with E-state index in [0.29, 0.717) is 39.3 Å². The van der Waals surface area contributed by atoms with Gasteiger partial charge >= 0.3 is 0 Å². The molecule has 0 heterocycles. The second kappa shape index (κ2) is 11.7. The van der Waals surface area contributed by atoms with Gasteiger partial charge in [-0.25, -0.2) is 0 Å². The van der Waals surface area contributed by atoms with Crippen molar-refractivity contribution < 1.29 is 23.8 Å². The standard InChI is InChI=1S/C12H22O5/c1-3-16-11(9-13)5-7-15-8-6-12(10-14)17-4-2/h9-12H,3-8H2,1-2H3. The van der Waals surface area contributed by atoms with Crippen LogP contribution < -0.4 is 0 Å². The van der Waals surface area contributed by atoms with Crippen LogP contribution in [0.15, 0.2) is 0 Å². The lowest BCUT2D eigenvalue weighted by Crippen LogP contribution is -2.19. The van der Waals surface area contributed by atoms with Crippen LogP contribution in [0.3, 0.4) is 0 Å². The zero-order valence-corrected chi connectivity index (χ0v) is 10.6. The second-order valence-corrected chi connectivity index (χ2v) is 3.45. The molecule has 0 N–H and O–H groups in total. The molecule has 17 heavy (non-hydrogen) atoms. The first-order chi connectivity index (χ1) is 8.28. The van der Waals surface area contributed by atoms with E-state index in [4.69, 9.17) is 14.2 Å². The van der Waals surface area contributed by atoms with E-state index >= 15 is 0 Å². The van der Waals surface area contributed by atoms with Crippen molar-refractivity contribution in [2.75, 3.05) is 26.4 Å². The number of ether oxygens (including phenoxy) is 3. The van der Waals surface area contributed by atoms with Crippen LogP contribution in [-0.4, -0.2) is 51.2 Å². The summed E-state index contributed by atoms with van der Waals surface area (Å²) in [4.78, 5) is 21.1. The van der Waals surface area contributed by atoms with Gasteiger partial charge in [0.2, 0.25) is 0 Å². The molecule has 2 unspecified atom stereocenters. The molecule has 0 amide bonds. The molecule has 0 saturated carbocycles. The Morgan fingerprint density at radius 2 is 1.29 bits per heavy atom. The highest BCUT2D eigenvalue weighted by molar-refractivity contribution is 5.56. The minimum Gasteiger partial charge on any atom is -0.381 e. The normalized spacial score (nSPS) is 14.2. The van der Waals surface area contributed by atoms with E-state index < -0.39 is 12.2 Å². The Morgan fingerprint density at radius 3 is 1.59 bits per heavy atom. The number of carbonyl (C=O) groups excluding carboxylic acids is 2. The summed E-state index contributed by atoms with van der Waals surface area (Å²) in [5.74, 6) is 0. The topological polar surface area (TPSA) is 61.8 Å². The van der Waals surface area contributed by atoms with Crippen molar-refractivity contribution in [3.05, 3.63) is 0 Å². The SMILES string of the molecule is CCOC(C=O)CCOCCC(C=O)OCC. The molecular formula is C12H22O5. The van der Waals surface area contributed by atoms with E-state index in [0.717, 1.165) is 12.6 Å². The van der Waals surface area contributed by atoms with Gasteiger partial charge in [0.1, 0.15) is 24.8 Å². The summed E-state index contributed by atoms with van der Waals surface area (Å²) < 4.78 is 15.6. The molecule has 0 fully saturated rings. The average molecular weight is 246 g/mol. The molecular weight excluding hydrogens is 224 g/mol. The molecule has 2 atom stereocenters. The Balaban J connectivity index is 3.49. The van der Waals surface area contributed by atoms with Crippen molar-refractivity contribution in [1.82, 2.24) is 0 Å². The summed E-state index contributed by atoms with van der Waals surface area (Å²) in [7, 11) is 0. The van der Waals surface area contributed by atoms with E-state index in [1.807, 2.05) is 13.8 Å². The van der Waals surface area contributed by atoms with Gasteiger partial charge in [-0.2, -0.15) is 0 Å². The molecule has 0 aliphatic heterocycles. The van der Waals surface area contributed by atoms with Crippen LogP contribution in [0, 0.1) is 0 Å². The molecule has 0 radical (unpaired) electrons. The Bertz CT molecular complexity index is 175. The Morgan fingerprint density at radius 1 is 0.882 bits per heavy atom. The van der Waals surface area contributed by atoms with Crippen LogP contribution in [0.25, 0.3) is 0 Å². The molecule has 0 aliphatic carbocycles. The van der Waals surface area contributed by atoms with Gasteiger partial charge in [0, 0.05) is 39.3 Å². The molecule has 0 aromatic heterocycles. The first-order valence-electron chi connectivity index (χ1n) is 5.99. The van der Waals surface area contributed by atoms with Gasteiger partial charge in [0.05, 0.1) is 0 Å². The lowest BCUT2D eigenvalue weighted by atomic mass is 10.3. The van der Waals surface area contributed by atoms with Crippen LogP contribution in [-0.2, 0) is 23.8 Å². The monoisotopic (exact) mass is 246 g/mol. The predicted molar refractivity (Wildman–Crippen MR) is 63.0 cm³/mol. The molecule has 0 rings (SSSR count). The van der Waals surface area contributed by atoms with E-state index in [9.17, 15) is 9.59 Å². The van der Waals surface area contributed by atoms with Gasteiger partial charge in [-0.3, -0.25) is 0 Å². The van der Waals surface area contributed by atoms with Crippen LogP contribution in [0.2, 0.25) is 0 Å². The summed E-state index contributed by atoms with van der Waals surface area (Å²) in [6, 6.07) is 0. The Labute approximate surface area is 102 Å². The van der Waals surface area contributed by atoms with E-state index in [2.05, 4.69) is 0 Å². The molecule has 0 saturated heterocycles. The third-order valence-corrected chi connectivity index (χ3v) is 2.16. The molecule has 0 aromatic carbocycles. The maximum absolute atomic E-state index is 10.6. The summed E-state index contributed by atoms with van der Waals surface area (Å²) in [6.07, 6.45) is 1.85. The van der Waals surface area contributed by atoms with Crippen LogP contribution >= 0.6 is 0 Å². The zero-order valence-electron chi connectivity index (χ0n) is 10.6.